The van der Waals surface area contributed by atoms with Gasteiger partial charge in [0.15, 0.2) is 0 Å². The highest BCUT2D eigenvalue weighted by molar-refractivity contribution is 9.10. The van der Waals surface area contributed by atoms with Crippen LogP contribution in [0.25, 0.3) is 11.3 Å². The topological polar surface area (TPSA) is 37.8 Å². The lowest BCUT2D eigenvalue weighted by Crippen LogP contribution is -2.17. The zero-order chi connectivity index (χ0) is 14.8. The first-order chi connectivity index (χ1) is 10.1. The maximum Gasteiger partial charge on any atom is 0.281 e. The molecule has 0 unspecified atom stereocenters. The zero-order valence-corrected chi connectivity index (χ0v) is 13.4. The summed E-state index contributed by atoms with van der Waals surface area (Å²) in [6, 6.07) is 17.2. The van der Waals surface area contributed by atoms with E-state index in [1.54, 1.807) is 4.68 Å². The molecule has 0 aliphatic rings. The quantitative estimate of drug-likeness (QED) is 0.740. The monoisotopic (exact) mass is 362 g/mol. The smallest absolute Gasteiger partial charge is 0.281 e. The molecule has 3 nitrogen and oxygen atoms in total. The summed E-state index contributed by atoms with van der Waals surface area (Å²) in [4.78, 5) is 12.3. The van der Waals surface area contributed by atoms with E-state index in [4.69, 9.17) is 11.6 Å². The van der Waals surface area contributed by atoms with E-state index < -0.39 is 0 Å². The predicted octanol–water partition coefficient (Wildman–Crippen LogP) is 4.31. The Kier molecular flexibility index (Phi) is 3.99. The number of nitrogens with zero attached hydrogens (tertiary/aromatic N) is 1. The molecule has 3 aromatic rings. The van der Waals surface area contributed by atoms with E-state index in [1.165, 1.54) is 0 Å². The van der Waals surface area contributed by atoms with Gasteiger partial charge in [-0.1, -0.05) is 54.1 Å². The number of benzene rings is 2. The van der Waals surface area contributed by atoms with Crippen LogP contribution in [0, 0.1) is 0 Å². The van der Waals surface area contributed by atoms with E-state index in [0.29, 0.717) is 16.0 Å². The van der Waals surface area contributed by atoms with E-state index in [1.807, 2.05) is 54.6 Å². The summed E-state index contributed by atoms with van der Waals surface area (Å²) in [7, 11) is 0. The van der Waals surface area contributed by atoms with Gasteiger partial charge in [0.1, 0.15) is 4.47 Å². The Morgan fingerprint density at radius 1 is 1.05 bits per heavy atom. The van der Waals surface area contributed by atoms with Crippen molar-refractivity contribution in [2.75, 3.05) is 0 Å². The van der Waals surface area contributed by atoms with Gasteiger partial charge in [-0.05, 0) is 33.6 Å². The molecule has 21 heavy (non-hydrogen) atoms. The average Bonchev–Trinajstić information content (AvgIpc) is 2.79. The SMILES string of the molecule is O=c1c(Br)c(-c2ccccc2)[nH]n1Cc1ccc(Cl)cc1. The van der Waals surface area contributed by atoms with Crippen molar-refractivity contribution < 1.29 is 0 Å². The molecule has 0 spiro atoms. The summed E-state index contributed by atoms with van der Waals surface area (Å²) < 4.78 is 2.12. The molecule has 0 aliphatic carbocycles. The molecule has 0 saturated heterocycles. The minimum atomic E-state index is -0.0798. The zero-order valence-electron chi connectivity index (χ0n) is 11.0. The van der Waals surface area contributed by atoms with Crippen LogP contribution in [0.4, 0.5) is 0 Å². The molecule has 1 aromatic heterocycles. The molecule has 5 heteroatoms. The number of halogens is 2. The third-order valence-corrected chi connectivity index (χ3v) is 4.20. The molecule has 0 amide bonds. The second-order valence-electron chi connectivity index (χ2n) is 4.68. The van der Waals surface area contributed by atoms with Crippen LogP contribution < -0.4 is 5.56 Å². The van der Waals surface area contributed by atoms with Crippen molar-refractivity contribution in [3.05, 3.63) is 80.0 Å². The van der Waals surface area contributed by atoms with Crippen LogP contribution in [-0.2, 0) is 6.54 Å². The van der Waals surface area contributed by atoms with Gasteiger partial charge in [-0.15, -0.1) is 0 Å². The van der Waals surface area contributed by atoms with Crippen molar-refractivity contribution in [3.63, 3.8) is 0 Å². The summed E-state index contributed by atoms with van der Waals surface area (Å²) in [5.74, 6) is 0. The van der Waals surface area contributed by atoms with E-state index in [0.717, 1.165) is 16.8 Å². The van der Waals surface area contributed by atoms with Gasteiger partial charge in [-0.3, -0.25) is 9.89 Å². The molecule has 0 saturated carbocycles. The van der Waals surface area contributed by atoms with E-state index >= 15 is 0 Å². The van der Waals surface area contributed by atoms with Crippen molar-refractivity contribution in [2.45, 2.75) is 6.54 Å². The summed E-state index contributed by atoms with van der Waals surface area (Å²) >= 11 is 9.25. The molecule has 106 valence electrons. The summed E-state index contributed by atoms with van der Waals surface area (Å²) in [6.45, 7) is 0.474. The molecule has 0 radical (unpaired) electrons. The lowest BCUT2D eigenvalue weighted by atomic mass is 10.2. The van der Waals surface area contributed by atoms with Crippen LogP contribution in [0.3, 0.4) is 0 Å². The Morgan fingerprint density at radius 2 is 1.71 bits per heavy atom. The van der Waals surface area contributed by atoms with Gasteiger partial charge in [0.25, 0.3) is 5.56 Å². The van der Waals surface area contributed by atoms with Crippen molar-refractivity contribution in [1.82, 2.24) is 9.78 Å². The fourth-order valence-electron chi connectivity index (χ4n) is 2.14. The number of nitrogens with one attached hydrogen (secondary N) is 1. The van der Waals surface area contributed by atoms with Crippen LogP contribution >= 0.6 is 27.5 Å². The lowest BCUT2D eigenvalue weighted by molar-refractivity contribution is 0.665. The molecule has 0 bridgehead atoms. The maximum absolute atomic E-state index is 12.3. The van der Waals surface area contributed by atoms with Crippen LogP contribution in [0.5, 0.6) is 0 Å². The number of rotatable bonds is 3. The molecule has 0 aliphatic heterocycles. The van der Waals surface area contributed by atoms with Gasteiger partial charge in [0, 0.05) is 10.6 Å². The summed E-state index contributed by atoms with van der Waals surface area (Å²) in [5.41, 5.74) is 2.68. The van der Waals surface area contributed by atoms with Crippen LogP contribution in [0.15, 0.2) is 63.9 Å². The van der Waals surface area contributed by atoms with E-state index in [2.05, 4.69) is 21.0 Å². The fourth-order valence-corrected chi connectivity index (χ4v) is 2.80. The van der Waals surface area contributed by atoms with Crippen LogP contribution in [0.1, 0.15) is 5.56 Å². The highest BCUT2D eigenvalue weighted by atomic mass is 79.9. The predicted molar refractivity (Wildman–Crippen MR) is 88.7 cm³/mol. The molecule has 0 fully saturated rings. The van der Waals surface area contributed by atoms with Crippen LogP contribution in [0.2, 0.25) is 5.02 Å². The van der Waals surface area contributed by atoms with Gasteiger partial charge < -0.3 is 0 Å². The van der Waals surface area contributed by atoms with Gasteiger partial charge in [-0.2, -0.15) is 0 Å². The third kappa shape index (κ3) is 2.96. The number of hydrogen-bond donors (Lipinski definition) is 1. The Morgan fingerprint density at radius 3 is 2.38 bits per heavy atom. The van der Waals surface area contributed by atoms with Gasteiger partial charge in [0.2, 0.25) is 0 Å². The molecule has 3 rings (SSSR count). The minimum Gasteiger partial charge on any atom is -0.293 e. The summed E-state index contributed by atoms with van der Waals surface area (Å²) in [6.07, 6.45) is 0. The molecule has 0 atom stereocenters. The fraction of sp³-hybridized carbons (Fsp3) is 0.0625. The largest absolute Gasteiger partial charge is 0.293 e. The Hall–Kier alpha value is -1.78. The van der Waals surface area contributed by atoms with Crippen LogP contribution in [-0.4, -0.2) is 9.78 Å². The second kappa shape index (κ2) is 5.92. The van der Waals surface area contributed by atoms with Crippen molar-refractivity contribution in [1.29, 1.82) is 0 Å². The first-order valence-corrected chi connectivity index (χ1v) is 7.60. The number of hydrogen-bond acceptors (Lipinski definition) is 1. The standard InChI is InChI=1S/C16H12BrClN2O/c17-14-15(12-4-2-1-3-5-12)19-20(16(14)21)10-11-6-8-13(18)9-7-11/h1-9,19H,10H2. The summed E-state index contributed by atoms with van der Waals surface area (Å²) in [5, 5.41) is 3.84. The number of aromatic nitrogens is 2. The minimum absolute atomic E-state index is 0.0798. The average molecular weight is 364 g/mol. The molecule has 1 heterocycles. The van der Waals surface area contributed by atoms with Crippen molar-refractivity contribution >= 4 is 27.5 Å². The maximum atomic E-state index is 12.3. The number of aromatic amines is 1. The first-order valence-electron chi connectivity index (χ1n) is 6.43. The Balaban J connectivity index is 1.98. The molecule has 2 aromatic carbocycles. The van der Waals surface area contributed by atoms with Gasteiger partial charge in [-0.25, -0.2) is 4.68 Å². The molecular weight excluding hydrogens is 352 g/mol. The first kappa shape index (κ1) is 14.2. The highest BCUT2D eigenvalue weighted by Gasteiger charge is 2.13. The van der Waals surface area contributed by atoms with E-state index in [-0.39, 0.29) is 5.56 Å². The highest BCUT2D eigenvalue weighted by Crippen LogP contribution is 2.23. The Bertz CT molecular complexity index is 807. The molecule has 1 N–H and O–H groups in total. The normalized spacial score (nSPS) is 10.8. The Labute approximate surface area is 135 Å². The third-order valence-electron chi connectivity index (χ3n) is 3.22. The molecular formula is C16H12BrClN2O. The van der Waals surface area contributed by atoms with Gasteiger partial charge >= 0.3 is 0 Å². The van der Waals surface area contributed by atoms with Crippen molar-refractivity contribution in [2.24, 2.45) is 0 Å². The van der Waals surface area contributed by atoms with E-state index in [9.17, 15) is 4.79 Å². The van der Waals surface area contributed by atoms with Crippen molar-refractivity contribution in [3.8, 4) is 11.3 Å². The van der Waals surface area contributed by atoms with Gasteiger partial charge in [0.05, 0.1) is 12.2 Å². The number of H-pyrrole nitrogens is 1. The lowest BCUT2D eigenvalue weighted by Gasteiger charge is -2.03. The second-order valence-corrected chi connectivity index (χ2v) is 5.91.